The highest BCUT2D eigenvalue weighted by Gasteiger charge is 2.49. The second kappa shape index (κ2) is 9.41. The van der Waals surface area contributed by atoms with E-state index in [0.717, 1.165) is 30.5 Å². The van der Waals surface area contributed by atoms with Crippen LogP contribution in [-0.2, 0) is 0 Å². The second-order valence-corrected chi connectivity index (χ2v) is 8.91. The Hall–Kier alpha value is -3.09. The lowest BCUT2D eigenvalue weighted by atomic mass is 9.74. The van der Waals surface area contributed by atoms with Crippen molar-refractivity contribution in [2.45, 2.75) is 30.8 Å². The van der Waals surface area contributed by atoms with Crippen molar-refractivity contribution < 1.29 is 14.3 Å². The minimum absolute atomic E-state index is 0.0449. The van der Waals surface area contributed by atoms with Gasteiger partial charge >= 0.3 is 0 Å². The molecule has 0 radical (unpaired) electrons. The van der Waals surface area contributed by atoms with E-state index in [4.69, 9.17) is 0 Å². The van der Waals surface area contributed by atoms with Gasteiger partial charge in [-0.1, -0.05) is 36.4 Å². The van der Waals surface area contributed by atoms with Crippen LogP contribution in [0, 0.1) is 5.82 Å². The highest BCUT2D eigenvalue weighted by atomic mass is 19.1. The molecular weight excluding hydrogens is 417 g/mol. The van der Waals surface area contributed by atoms with Crippen LogP contribution in [0.4, 0.5) is 4.39 Å². The Kier molecular flexibility index (Phi) is 6.20. The summed E-state index contributed by atoms with van der Waals surface area (Å²) in [6, 6.07) is 18.5. The van der Waals surface area contributed by atoms with Gasteiger partial charge in [0.1, 0.15) is 5.82 Å². The number of amides is 1. The van der Waals surface area contributed by atoms with Crippen LogP contribution in [0.5, 0.6) is 0 Å². The number of carbonyl (C=O) groups excluding carboxylic acids is 1. The van der Waals surface area contributed by atoms with Crippen LogP contribution in [0.1, 0.15) is 34.7 Å². The van der Waals surface area contributed by atoms with Gasteiger partial charge in [-0.2, -0.15) is 0 Å². The monoisotopic (exact) mass is 445 g/mol. The summed E-state index contributed by atoms with van der Waals surface area (Å²) in [5.74, 6) is -0.390. The molecule has 2 fully saturated rings. The van der Waals surface area contributed by atoms with Crippen LogP contribution in [0.3, 0.4) is 0 Å². The zero-order valence-corrected chi connectivity index (χ0v) is 18.5. The number of fused-ring (bicyclic) bond motifs is 1. The molecule has 0 unspecified atom stereocenters. The molecule has 5 nitrogen and oxygen atoms in total. The van der Waals surface area contributed by atoms with Crippen molar-refractivity contribution in [1.29, 1.82) is 0 Å². The third-order valence-electron chi connectivity index (χ3n) is 7.02. The Bertz CT molecular complexity index is 1110. The number of rotatable bonds is 4. The average Bonchev–Trinajstić information content (AvgIpc) is 2.83. The van der Waals surface area contributed by atoms with E-state index >= 15 is 0 Å². The van der Waals surface area contributed by atoms with Crippen molar-refractivity contribution in [1.82, 2.24) is 14.8 Å². The van der Waals surface area contributed by atoms with Gasteiger partial charge in [-0.15, -0.1) is 0 Å². The molecule has 2 saturated heterocycles. The zero-order chi connectivity index (χ0) is 22.8. The summed E-state index contributed by atoms with van der Waals surface area (Å²) in [5, 5.41) is 10.2. The first-order valence-electron chi connectivity index (χ1n) is 11.6. The fourth-order valence-corrected chi connectivity index (χ4v) is 5.36. The number of halogens is 1. The number of aliphatic hydroxyl groups excluding tert-OH is 1. The first kappa shape index (κ1) is 21.7. The summed E-state index contributed by atoms with van der Waals surface area (Å²) in [4.78, 5) is 21.6. The van der Waals surface area contributed by atoms with Gasteiger partial charge in [0.25, 0.3) is 5.91 Å². The lowest BCUT2D eigenvalue weighted by Crippen LogP contribution is -2.67. The minimum atomic E-state index is -0.398. The Morgan fingerprint density at radius 2 is 1.85 bits per heavy atom. The molecule has 0 aliphatic carbocycles. The first-order valence-corrected chi connectivity index (χ1v) is 11.6. The van der Waals surface area contributed by atoms with Gasteiger partial charge in [0.15, 0.2) is 0 Å². The minimum Gasteiger partial charge on any atom is -0.395 e. The van der Waals surface area contributed by atoms with Crippen molar-refractivity contribution in [3.05, 3.63) is 90.0 Å². The fourth-order valence-electron chi connectivity index (χ4n) is 5.36. The van der Waals surface area contributed by atoms with E-state index in [9.17, 15) is 14.3 Å². The van der Waals surface area contributed by atoms with Crippen LogP contribution in [0.15, 0.2) is 73.1 Å². The summed E-state index contributed by atoms with van der Waals surface area (Å²) in [6.45, 7) is 2.24. The molecule has 2 aliphatic rings. The van der Waals surface area contributed by atoms with Gasteiger partial charge in [0.2, 0.25) is 0 Å². The summed E-state index contributed by atoms with van der Waals surface area (Å²) in [6.07, 6.45) is 5.47. The third kappa shape index (κ3) is 4.28. The molecule has 170 valence electrons. The largest absolute Gasteiger partial charge is 0.395 e. The lowest BCUT2D eigenvalue weighted by Gasteiger charge is -2.57. The van der Waals surface area contributed by atoms with E-state index in [1.165, 1.54) is 17.7 Å². The number of hydrogen-bond acceptors (Lipinski definition) is 4. The smallest absolute Gasteiger partial charge is 0.254 e. The van der Waals surface area contributed by atoms with E-state index in [2.05, 4.69) is 34.1 Å². The lowest BCUT2D eigenvalue weighted by molar-refractivity contribution is -0.0606. The Labute approximate surface area is 193 Å². The molecule has 3 heterocycles. The normalized spacial score (nSPS) is 23.2. The molecular formula is C27H28FN3O2. The quantitative estimate of drug-likeness (QED) is 0.661. The number of benzene rings is 2. The van der Waals surface area contributed by atoms with Gasteiger partial charge < -0.3 is 10.0 Å². The van der Waals surface area contributed by atoms with E-state index in [-0.39, 0.29) is 30.5 Å². The summed E-state index contributed by atoms with van der Waals surface area (Å²) in [7, 11) is 0. The van der Waals surface area contributed by atoms with Gasteiger partial charge in [-0.25, -0.2) is 4.39 Å². The van der Waals surface area contributed by atoms with Crippen molar-refractivity contribution in [3.8, 4) is 11.1 Å². The maximum atomic E-state index is 13.7. The predicted octanol–water partition coefficient (Wildman–Crippen LogP) is 3.95. The predicted molar refractivity (Wildman–Crippen MR) is 125 cm³/mol. The van der Waals surface area contributed by atoms with Gasteiger partial charge in [-0.05, 0) is 60.3 Å². The summed E-state index contributed by atoms with van der Waals surface area (Å²) >= 11 is 0. The van der Waals surface area contributed by atoms with Crippen molar-refractivity contribution in [3.63, 3.8) is 0 Å². The maximum Gasteiger partial charge on any atom is 0.254 e. The zero-order valence-electron chi connectivity index (χ0n) is 18.5. The molecule has 3 atom stereocenters. The molecule has 1 amide bonds. The van der Waals surface area contributed by atoms with Crippen LogP contribution < -0.4 is 0 Å². The number of aromatic nitrogens is 1. The van der Waals surface area contributed by atoms with Crippen molar-refractivity contribution in [2.75, 3.05) is 26.2 Å². The second-order valence-electron chi connectivity index (χ2n) is 8.91. The van der Waals surface area contributed by atoms with Crippen LogP contribution >= 0.6 is 0 Å². The molecule has 1 N–H and O–H groups in total. The number of pyridine rings is 1. The standard InChI is InChI=1S/C27H28FN3O2/c28-23-7-3-5-21(15-23)27(33)30-13-1-2-14-31-24(17-30)26(25(31)18-32)20-10-8-19(9-11-20)22-6-4-12-29-16-22/h3-12,15-16,24-26,32H,1-2,13-14,17-18H2/t24-,25-,26-/m0/s1. The van der Waals surface area contributed by atoms with Crippen LogP contribution in [0.2, 0.25) is 0 Å². The number of nitrogens with zero attached hydrogens (tertiary/aromatic N) is 3. The molecule has 3 aromatic rings. The van der Waals surface area contributed by atoms with Gasteiger partial charge in [0.05, 0.1) is 6.61 Å². The third-order valence-corrected chi connectivity index (χ3v) is 7.02. The highest BCUT2D eigenvalue weighted by molar-refractivity contribution is 5.94. The number of aliphatic hydroxyl groups is 1. The molecule has 2 aromatic carbocycles. The molecule has 6 heteroatoms. The maximum absolute atomic E-state index is 13.7. The molecule has 0 spiro atoms. The molecule has 0 bridgehead atoms. The van der Waals surface area contributed by atoms with Crippen LogP contribution in [0.25, 0.3) is 11.1 Å². The molecule has 2 aliphatic heterocycles. The first-order chi connectivity index (χ1) is 16.2. The summed E-state index contributed by atoms with van der Waals surface area (Å²) < 4.78 is 13.7. The molecule has 1 aromatic heterocycles. The molecule has 0 saturated carbocycles. The van der Waals surface area contributed by atoms with E-state index in [1.54, 1.807) is 18.3 Å². The van der Waals surface area contributed by atoms with Crippen molar-refractivity contribution in [2.24, 2.45) is 0 Å². The highest BCUT2D eigenvalue weighted by Crippen LogP contribution is 2.42. The Morgan fingerprint density at radius 1 is 1.03 bits per heavy atom. The fraction of sp³-hybridized carbons (Fsp3) is 0.333. The summed E-state index contributed by atoms with van der Waals surface area (Å²) in [5.41, 5.74) is 3.72. The Morgan fingerprint density at radius 3 is 2.58 bits per heavy atom. The van der Waals surface area contributed by atoms with Gasteiger partial charge in [0, 0.05) is 49.0 Å². The number of carbonyl (C=O) groups is 1. The van der Waals surface area contributed by atoms with Gasteiger partial charge in [-0.3, -0.25) is 14.7 Å². The van der Waals surface area contributed by atoms with E-state index < -0.39 is 5.82 Å². The van der Waals surface area contributed by atoms with Crippen molar-refractivity contribution >= 4 is 5.91 Å². The molecule has 33 heavy (non-hydrogen) atoms. The van der Waals surface area contributed by atoms with Crippen LogP contribution in [-0.4, -0.2) is 64.1 Å². The average molecular weight is 446 g/mol. The molecule has 5 rings (SSSR count). The SMILES string of the molecule is O=C(c1cccc(F)c1)N1CCCCN2[C@@H](CO)[C@@H](c3ccc(-c4cccnc4)cc3)[C@@H]2C1. The number of hydrogen-bond donors (Lipinski definition) is 1. The van der Waals surface area contributed by atoms with E-state index in [1.807, 2.05) is 23.2 Å². The Balaban J connectivity index is 1.39. The topological polar surface area (TPSA) is 56.7 Å². The van der Waals surface area contributed by atoms with E-state index in [0.29, 0.717) is 18.7 Å².